The number of carbonyl (C=O) groups is 3. The first kappa shape index (κ1) is 39.4. The molecule has 0 saturated heterocycles. The van der Waals surface area contributed by atoms with Gasteiger partial charge < -0.3 is 9.47 Å². The Hall–Kier alpha value is -2.34. The van der Waals surface area contributed by atoms with Gasteiger partial charge in [0, 0.05) is 23.9 Å². The predicted octanol–water partition coefficient (Wildman–Crippen LogP) is 11.4. The van der Waals surface area contributed by atoms with Gasteiger partial charge in [-0.2, -0.15) is 0 Å². The number of Topliss-reactive ketones (excluding diaryl/α,β-unsaturated/α-hetero) is 1. The third kappa shape index (κ3) is 6.37. The smallest absolute Gasteiger partial charge is 0.410 e. The Morgan fingerprint density at radius 3 is 2.15 bits per heavy atom. The number of carbonyl (C=O) groups excluding carboxylic acids is 3. The highest BCUT2D eigenvalue weighted by atomic mass is 35.5. The van der Waals surface area contributed by atoms with Crippen molar-refractivity contribution < 1.29 is 23.9 Å². The van der Waals surface area contributed by atoms with Gasteiger partial charge in [-0.25, -0.2) is 4.79 Å². The number of allylic oxidation sites excluding steroid dienone is 2. The molecular weight excluding hydrogens is 670 g/mol. The van der Waals surface area contributed by atoms with Gasteiger partial charge in [-0.15, -0.1) is 0 Å². The van der Waals surface area contributed by atoms with Crippen molar-refractivity contribution in [1.82, 2.24) is 4.90 Å². The van der Waals surface area contributed by atoms with E-state index in [9.17, 15) is 9.59 Å². The Bertz CT molecular complexity index is 1610. The van der Waals surface area contributed by atoms with Gasteiger partial charge in [0.15, 0.2) is 5.78 Å². The zero-order valence-corrected chi connectivity index (χ0v) is 34.8. The molecule has 7 heteroatoms. The van der Waals surface area contributed by atoms with Crippen LogP contribution in [0.15, 0.2) is 35.4 Å². The van der Waals surface area contributed by atoms with E-state index < -0.39 is 17.1 Å². The molecule has 0 spiro atoms. The van der Waals surface area contributed by atoms with E-state index >= 15 is 4.79 Å². The summed E-state index contributed by atoms with van der Waals surface area (Å²) in [5.41, 5.74) is 2.95. The largest absolute Gasteiger partial charge is 0.462 e. The lowest BCUT2D eigenvalue weighted by Crippen LogP contribution is -2.66. The molecule has 4 saturated carbocycles. The molecule has 4 fully saturated rings. The lowest BCUT2D eigenvalue weighted by Gasteiger charge is -2.72. The van der Waals surface area contributed by atoms with Crippen LogP contribution >= 0.6 is 11.6 Å². The van der Waals surface area contributed by atoms with Crippen LogP contribution in [0.25, 0.3) is 0 Å². The van der Waals surface area contributed by atoms with Crippen molar-refractivity contribution in [1.29, 1.82) is 0 Å². The highest BCUT2D eigenvalue weighted by molar-refractivity contribution is 6.30. The highest BCUT2D eigenvalue weighted by Gasteiger charge is 2.70. The van der Waals surface area contributed by atoms with Crippen molar-refractivity contribution in [3.63, 3.8) is 0 Å². The molecule has 1 amide bonds. The SMILES string of the molecule is CC(=O)O[C@H]1CC[C@]2(C)C3CC[C@@H]4C5=C(C(C)C)CC[C@]5(C(=O)CN(Cc5ccc(Cl)cc5)C(=O)OC(C)(C)C)CC[C@@]4(C)[C@]3(C)CC[C@H]2C1(C)C. The standard InChI is InChI=1S/C45H66ClNO5/c1-28(2)32-18-23-45(36(49)27-47(39(50)52-40(4,5)6)26-30-12-14-31(46)15-13-30)25-24-43(10)33(38(32)45)16-17-35-42(9)21-20-37(51-29(3)48)41(7,8)34(42)19-22-44(35,43)11/h12-15,28,33-35,37H,16-27H2,1-11H3/t33-,34+,35?,37+,42+,43-,44-,45-/m1/s1. The van der Waals surface area contributed by atoms with E-state index in [0.29, 0.717) is 35.2 Å². The molecule has 0 radical (unpaired) electrons. The number of hydrogen-bond donors (Lipinski definition) is 0. The van der Waals surface area contributed by atoms with E-state index in [4.69, 9.17) is 21.1 Å². The number of hydrogen-bond acceptors (Lipinski definition) is 5. The van der Waals surface area contributed by atoms with Gasteiger partial charge in [0.25, 0.3) is 0 Å². The molecule has 6 nitrogen and oxygen atoms in total. The van der Waals surface area contributed by atoms with Crippen LogP contribution in [-0.2, 0) is 25.6 Å². The number of fused-ring (bicyclic) bond motifs is 7. The Morgan fingerprint density at radius 2 is 1.54 bits per heavy atom. The molecular formula is C45H66ClNO5. The summed E-state index contributed by atoms with van der Waals surface area (Å²) in [6.07, 6.45) is 9.79. The third-order valence-electron chi connectivity index (χ3n) is 15.7. The molecule has 1 aromatic carbocycles. The fourth-order valence-corrected chi connectivity index (χ4v) is 13.3. The third-order valence-corrected chi connectivity index (χ3v) is 16.0. The second kappa shape index (κ2) is 13.4. The first-order chi connectivity index (χ1) is 24.1. The van der Waals surface area contributed by atoms with Crippen LogP contribution in [0.1, 0.15) is 146 Å². The highest BCUT2D eigenvalue weighted by Crippen LogP contribution is 2.77. The van der Waals surface area contributed by atoms with Gasteiger partial charge in [-0.05, 0) is 143 Å². The van der Waals surface area contributed by atoms with Gasteiger partial charge in [-0.1, -0.05) is 83.3 Å². The van der Waals surface area contributed by atoms with Crippen molar-refractivity contribution in [2.75, 3.05) is 6.54 Å². The van der Waals surface area contributed by atoms with E-state index in [-0.39, 0.29) is 46.1 Å². The first-order valence-electron chi connectivity index (χ1n) is 20.3. The summed E-state index contributed by atoms with van der Waals surface area (Å²) in [6.45, 7) is 24.6. The van der Waals surface area contributed by atoms with Crippen LogP contribution in [0.3, 0.4) is 0 Å². The van der Waals surface area contributed by atoms with Gasteiger partial charge >= 0.3 is 12.1 Å². The van der Waals surface area contributed by atoms with E-state index in [2.05, 4.69) is 48.5 Å². The molecule has 6 rings (SSSR count). The molecule has 0 heterocycles. The van der Waals surface area contributed by atoms with Gasteiger partial charge in [0.1, 0.15) is 11.7 Å². The van der Waals surface area contributed by atoms with Crippen molar-refractivity contribution in [3.8, 4) is 0 Å². The molecule has 5 aliphatic rings. The lowest BCUT2D eigenvalue weighted by molar-refractivity contribution is -0.232. The van der Waals surface area contributed by atoms with Crippen LogP contribution in [0.2, 0.25) is 5.02 Å². The number of ketones is 1. The number of nitrogens with zero attached hydrogens (tertiary/aromatic N) is 1. The zero-order chi connectivity index (χ0) is 38.2. The Labute approximate surface area is 319 Å². The molecule has 0 aromatic heterocycles. The quantitative estimate of drug-likeness (QED) is 0.206. The maximum atomic E-state index is 15.1. The first-order valence-corrected chi connectivity index (χ1v) is 20.6. The van der Waals surface area contributed by atoms with Crippen LogP contribution in [0, 0.1) is 50.7 Å². The number of ether oxygens (including phenoxy) is 2. The zero-order valence-electron chi connectivity index (χ0n) is 34.0. The van der Waals surface area contributed by atoms with Crippen molar-refractivity contribution >= 4 is 29.4 Å². The van der Waals surface area contributed by atoms with Crippen LogP contribution in [0.4, 0.5) is 4.79 Å². The molecule has 8 atom stereocenters. The summed E-state index contributed by atoms with van der Waals surface area (Å²) < 4.78 is 11.9. The minimum atomic E-state index is -0.675. The van der Waals surface area contributed by atoms with Crippen LogP contribution < -0.4 is 0 Å². The molecule has 0 aliphatic heterocycles. The van der Waals surface area contributed by atoms with E-state index in [1.165, 1.54) is 17.6 Å². The second-order valence-electron chi connectivity index (χ2n) is 20.1. The van der Waals surface area contributed by atoms with E-state index in [1.54, 1.807) is 11.8 Å². The number of amides is 1. The molecule has 1 unspecified atom stereocenters. The average Bonchev–Trinajstić information content (AvgIpc) is 3.44. The van der Waals surface area contributed by atoms with E-state index in [1.807, 2.05) is 45.0 Å². The maximum Gasteiger partial charge on any atom is 0.410 e. The molecule has 288 valence electrons. The molecule has 52 heavy (non-hydrogen) atoms. The van der Waals surface area contributed by atoms with Crippen LogP contribution in [0.5, 0.6) is 0 Å². The van der Waals surface area contributed by atoms with Gasteiger partial charge in [-0.3, -0.25) is 14.5 Å². The maximum absolute atomic E-state index is 15.1. The van der Waals surface area contributed by atoms with Crippen molar-refractivity contribution in [2.45, 2.75) is 159 Å². The molecule has 1 aromatic rings. The fourth-order valence-electron chi connectivity index (χ4n) is 13.1. The Balaban J connectivity index is 1.33. The normalized spacial score (nSPS) is 36.6. The average molecular weight is 736 g/mol. The minimum Gasteiger partial charge on any atom is -0.462 e. The van der Waals surface area contributed by atoms with E-state index in [0.717, 1.165) is 63.4 Å². The number of benzene rings is 1. The van der Waals surface area contributed by atoms with Crippen LogP contribution in [-0.4, -0.2) is 41.0 Å². The Kier molecular flexibility index (Phi) is 10.2. The molecule has 0 N–H and O–H groups in total. The predicted molar refractivity (Wildman–Crippen MR) is 208 cm³/mol. The van der Waals surface area contributed by atoms with Crippen molar-refractivity contribution in [3.05, 3.63) is 46.0 Å². The molecule has 5 aliphatic carbocycles. The second-order valence-corrected chi connectivity index (χ2v) is 20.6. The summed E-state index contributed by atoms with van der Waals surface area (Å²) in [5, 5.41) is 0.638. The van der Waals surface area contributed by atoms with Gasteiger partial charge in [0.05, 0.1) is 12.0 Å². The summed E-state index contributed by atoms with van der Waals surface area (Å²) in [4.78, 5) is 42.6. The lowest BCUT2D eigenvalue weighted by atomic mass is 9.33. The number of rotatable bonds is 7. The molecule has 0 bridgehead atoms. The summed E-state index contributed by atoms with van der Waals surface area (Å²) >= 11 is 6.20. The summed E-state index contributed by atoms with van der Waals surface area (Å²) in [5.74, 6) is 1.81. The van der Waals surface area contributed by atoms with Gasteiger partial charge in [0.2, 0.25) is 0 Å². The monoisotopic (exact) mass is 735 g/mol. The summed E-state index contributed by atoms with van der Waals surface area (Å²) in [7, 11) is 0. The number of halogens is 1. The summed E-state index contributed by atoms with van der Waals surface area (Å²) in [6, 6.07) is 7.50. The topological polar surface area (TPSA) is 72.9 Å². The van der Waals surface area contributed by atoms with Crippen molar-refractivity contribution in [2.24, 2.45) is 50.7 Å². The number of esters is 1. The Morgan fingerprint density at radius 1 is 0.865 bits per heavy atom. The minimum absolute atomic E-state index is 0.0298. The fraction of sp³-hybridized carbons (Fsp3) is 0.756.